The van der Waals surface area contributed by atoms with Gasteiger partial charge in [0.2, 0.25) is 0 Å². The summed E-state index contributed by atoms with van der Waals surface area (Å²) in [6, 6.07) is 17.5. The van der Waals surface area contributed by atoms with Crippen molar-refractivity contribution in [3.05, 3.63) is 89.0 Å². The van der Waals surface area contributed by atoms with Crippen LogP contribution in [0.25, 0.3) is 6.08 Å². The van der Waals surface area contributed by atoms with Gasteiger partial charge in [-0.15, -0.1) is 0 Å². The number of halogens is 3. The molecule has 206 valence electrons. The van der Waals surface area contributed by atoms with Crippen LogP contribution >= 0.6 is 0 Å². The van der Waals surface area contributed by atoms with Crippen LogP contribution in [0.15, 0.2) is 72.3 Å². The molecule has 0 fully saturated rings. The first-order valence-corrected chi connectivity index (χ1v) is 12.2. The fraction of sp³-hybridized carbons (Fsp3) is 0.241. The molecule has 3 aromatic rings. The molecular weight excluding hydrogens is 513 g/mol. The summed E-state index contributed by atoms with van der Waals surface area (Å²) in [6.07, 6.45) is -2.23. The van der Waals surface area contributed by atoms with Gasteiger partial charge in [0, 0.05) is 23.4 Å². The third-order valence-corrected chi connectivity index (χ3v) is 5.73. The van der Waals surface area contributed by atoms with E-state index in [1.807, 2.05) is 6.07 Å². The first kappa shape index (κ1) is 29.1. The minimum atomic E-state index is -4.22. The number of hydrogen-bond acceptors (Lipinski definition) is 6. The Kier molecular flexibility index (Phi) is 9.97. The van der Waals surface area contributed by atoms with E-state index in [0.29, 0.717) is 42.0 Å². The van der Waals surface area contributed by atoms with Gasteiger partial charge in [0.15, 0.2) is 0 Å². The summed E-state index contributed by atoms with van der Waals surface area (Å²) in [5, 5.41) is 9.60. The summed E-state index contributed by atoms with van der Waals surface area (Å²) in [7, 11) is 0. The average molecular weight is 543 g/mol. The molecule has 7 nitrogen and oxygen atoms in total. The maximum atomic E-state index is 12.4. The van der Waals surface area contributed by atoms with E-state index in [1.165, 1.54) is 24.3 Å². The third kappa shape index (κ3) is 9.73. The van der Waals surface area contributed by atoms with Crippen LogP contribution in [-0.2, 0) is 11.2 Å². The molecule has 10 heteroatoms. The first-order chi connectivity index (χ1) is 18.5. The molecule has 0 saturated carbocycles. The standard InChI is InChI=1S/C29H29F3N2O5/c30-29(31,32)15-2-16-38-24-13-8-21(9-14-24)28(37)39-25-11-5-19(6-12-25)17-22(27(35)36)4-1-3-20-7-10-23(33)18-26(20)34/h5-14,17-18H,1-4,15-16,33-34H2,(H,35,36). The third-order valence-electron chi connectivity index (χ3n) is 5.73. The lowest BCUT2D eigenvalue weighted by Crippen LogP contribution is -2.10. The SMILES string of the molecule is Nc1ccc(CCCC(=Cc2ccc(OC(=O)c3ccc(OCCCC(F)(F)F)cc3)cc2)C(=O)O)c(N)c1. The highest BCUT2D eigenvalue weighted by Crippen LogP contribution is 2.23. The molecule has 0 unspecified atom stereocenters. The van der Waals surface area contributed by atoms with E-state index in [-0.39, 0.29) is 29.9 Å². The molecule has 0 radical (unpaired) electrons. The van der Waals surface area contributed by atoms with Crippen LogP contribution in [0.5, 0.6) is 11.5 Å². The lowest BCUT2D eigenvalue weighted by Gasteiger charge is -2.09. The summed E-state index contributed by atoms with van der Waals surface area (Å²) in [6.45, 7) is -0.0924. The van der Waals surface area contributed by atoms with E-state index in [9.17, 15) is 27.9 Å². The van der Waals surface area contributed by atoms with Crippen molar-refractivity contribution in [1.82, 2.24) is 0 Å². The van der Waals surface area contributed by atoms with Crippen molar-refractivity contribution < 1.29 is 37.3 Å². The van der Waals surface area contributed by atoms with Gasteiger partial charge < -0.3 is 26.0 Å². The molecule has 5 N–H and O–H groups in total. The Hall–Kier alpha value is -4.47. The monoisotopic (exact) mass is 542 g/mol. The molecule has 39 heavy (non-hydrogen) atoms. The Balaban J connectivity index is 1.52. The van der Waals surface area contributed by atoms with Crippen LogP contribution in [0, 0.1) is 0 Å². The highest BCUT2D eigenvalue weighted by Gasteiger charge is 2.26. The summed E-state index contributed by atoms with van der Waals surface area (Å²) >= 11 is 0. The summed E-state index contributed by atoms with van der Waals surface area (Å²) < 4.78 is 47.2. The van der Waals surface area contributed by atoms with Crippen molar-refractivity contribution in [2.45, 2.75) is 38.3 Å². The van der Waals surface area contributed by atoms with Gasteiger partial charge in [-0.05, 0) is 91.4 Å². The number of nitrogen functional groups attached to an aromatic ring is 2. The van der Waals surface area contributed by atoms with Crippen molar-refractivity contribution in [2.75, 3.05) is 18.1 Å². The molecule has 3 rings (SSSR count). The zero-order valence-corrected chi connectivity index (χ0v) is 21.0. The highest BCUT2D eigenvalue weighted by molar-refractivity contribution is 5.92. The van der Waals surface area contributed by atoms with E-state index in [0.717, 1.165) is 5.56 Å². The van der Waals surface area contributed by atoms with Crippen LogP contribution in [0.3, 0.4) is 0 Å². The Bertz CT molecular complexity index is 1300. The average Bonchev–Trinajstić information content (AvgIpc) is 2.88. The van der Waals surface area contributed by atoms with E-state index in [1.54, 1.807) is 42.5 Å². The molecule has 0 aromatic heterocycles. The molecule has 0 spiro atoms. The number of aryl methyl sites for hydroxylation is 1. The van der Waals surface area contributed by atoms with Crippen molar-refractivity contribution in [3.63, 3.8) is 0 Å². The Morgan fingerprint density at radius 1 is 0.897 bits per heavy atom. The molecular formula is C29H29F3N2O5. The van der Waals surface area contributed by atoms with Gasteiger partial charge in [-0.2, -0.15) is 13.2 Å². The molecule has 0 amide bonds. The molecule has 0 heterocycles. The maximum absolute atomic E-state index is 12.4. The van der Waals surface area contributed by atoms with Gasteiger partial charge in [-0.25, -0.2) is 9.59 Å². The minimum Gasteiger partial charge on any atom is -0.494 e. The predicted molar refractivity (Wildman–Crippen MR) is 142 cm³/mol. The normalized spacial score (nSPS) is 11.7. The van der Waals surface area contributed by atoms with Crippen LogP contribution in [0.4, 0.5) is 24.5 Å². The van der Waals surface area contributed by atoms with Gasteiger partial charge in [0.1, 0.15) is 11.5 Å². The Morgan fingerprint density at radius 3 is 2.18 bits per heavy atom. The molecule has 0 atom stereocenters. The van der Waals surface area contributed by atoms with Gasteiger partial charge in [-0.1, -0.05) is 18.2 Å². The van der Waals surface area contributed by atoms with Gasteiger partial charge in [0.05, 0.1) is 12.2 Å². The van der Waals surface area contributed by atoms with E-state index < -0.39 is 24.5 Å². The number of alkyl halides is 3. The summed E-state index contributed by atoms with van der Waals surface area (Å²) in [5.41, 5.74) is 14.8. The Morgan fingerprint density at radius 2 is 1.56 bits per heavy atom. The topological polar surface area (TPSA) is 125 Å². The minimum absolute atomic E-state index is 0.0924. The van der Waals surface area contributed by atoms with Crippen molar-refractivity contribution in [3.8, 4) is 11.5 Å². The number of hydrogen-bond donors (Lipinski definition) is 3. The lowest BCUT2D eigenvalue weighted by atomic mass is 10.0. The second-order valence-corrected chi connectivity index (χ2v) is 8.84. The van der Waals surface area contributed by atoms with E-state index in [2.05, 4.69) is 0 Å². The predicted octanol–water partition coefficient (Wildman–Crippen LogP) is 6.28. The number of esters is 1. The number of carboxylic acid groups (broad SMARTS) is 1. The van der Waals surface area contributed by atoms with E-state index >= 15 is 0 Å². The zero-order chi connectivity index (χ0) is 28.4. The number of nitrogens with two attached hydrogens (primary N) is 2. The Labute approximate surface area is 223 Å². The van der Waals surface area contributed by atoms with Crippen molar-refractivity contribution >= 4 is 29.4 Å². The first-order valence-electron chi connectivity index (χ1n) is 12.2. The zero-order valence-electron chi connectivity index (χ0n) is 21.0. The fourth-order valence-corrected chi connectivity index (χ4v) is 3.70. The number of ether oxygens (including phenoxy) is 2. The van der Waals surface area contributed by atoms with Gasteiger partial charge >= 0.3 is 18.1 Å². The largest absolute Gasteiger partial charge is 0.494 e. The second kappa shape index (κ2) is 13.4. The number of rotatable bonds is 12. The molecule has 0 bridgehead atoms. The number of aliphatic carboxylic acids is 1. The van der Waals surface area contributed by atoms with Crippen LogP contribution in [0.1, 0.15) is 47.2 Å². The molecule has 0 saturated heterocycles. The summed E-state index contributed by atoms with van der Waals surface area (Å²) in [5.74, 6) is -1.05. The highest BCUT2D eigenvalue weighted by atomic mass is 19.4. The van der Waals surface area contributed by atoms with Gasteiger partial charge in [0.25, 0.3) is 0 Å². The molecule has 3 aromatic carbocycles. The molecule has 0 aliphatic heterocycles. The van der Waals surface area contributed by atoms with Crippen LogP contribution < -0.4 is 20.9 Å². The lowest BCUT2D eigenvalue weighted by molar-refractivity contribution is -0.136. The number of anilines is 2. The molecule has 0 aliphatic rings. The van der Waals surface area contributed by atoms with Crippen LogP contribution in [-0.4, -0.2) is 29.8 Å². The van der Waals surface area contributed by atoms with E-state index in [4.69, 9.17) is 20.9 Å². The number of carbonyl (C=O) groups excluding carboxylic acids is 1. The molecule has 0 aliphatic carbocycles. The number of carbonyl (C=O) groups is 2. The van der Waals surface area contributed by atoms with Gasteiger partial charge in [-0.3, -0.25) is 0 Å². The quantitative estimate of drug-likeness (QED) is 0.0808. The maximum Gasteiger partial charge on any atom is 0.389 e. The van der Waals surface area contributed by atoms with Crippen LogP contribution in [0.2, 0.25) is 0 Å². The van der Waals surface area contributed by atoms with Crippen molar-refractivity contribution in [1.29, 1.82) is 0 Å². The second-order valence-electron chi connectivity index (χ2n) is 8.84. The van der Waals surface area contributed by atoms with Crippen molar-refractivity contribution in [2.24, 2.45) is 0 Å². The smallest absolute Gasteiger partial charge is 0.389 e. The number of carboxylic acids is 1. The number of benzene rings is 3. The fourth-order valence-electron chi connectivity index (χ4n) is 3.70. The summed E-state index contributed by atoms with van der Waals surface area (Å²) in [4.78, 5) is 24.2.